The lowest BCUT2D eigenvalue weighted by Crippen LogP contribution is -2.25. The van der Waals surface area contributed by atoms with Crippen LogP contribution in [0.2, 0.25) is 0 Å². The van der Waals surface area contributed by atoms with Crippen molar-refractivity contribution in [2.75, 3.05) is 13.7 Å². The first-order valence-corrected chi connectivity index (χ1v) is 6.67. The summed E-state index contributed by atoms with van der Waals surface area (Å²) >= 11 is 0. The monoisotopic (exact) mass is 290 g/mol. The zero-order valence-corrected chi connectivity index (χ0v) is 12.0. The molecule has 1 aromatic heterocycles. The second-order valence-electron chi connectivity index (χ2n) is 4.69. The minimum Gasteiger partial charge on any atom is -0.382 e. The number of rotatable bonds is 7. The Bertz CT molecular complexity index is 410. The van der Waals surface area contributed by atoms with Gasteiger partial charge in [-0.05, 0) is 37.9 Å². The molecule has 1 heterocycles. The van der Waals surface area contributed by atoms with E-state index in [2.05, 4.69) is 10.3 Å². The number of halogens is 3. The molecule has 6 heteroatoms. The lowest BCUT2D eigenvalue weighted by atomic mass is 9.97. The standard InChI is InChI=1S/C14H21F3N2O/c1-4-19-13(6-5-10(2)20-3)11-9-18-8-7-12(11)14(15,16)17/h7-10,13,19H,4-6H2,1-3H3. The molecule has 0 radical (unpaired) electrons. The molecule has 0 aliphatic heterocycles. The van der Waals surface area contributed by atoms with Crippen molar-refractivity contribution >= 4 is 0 Å². The Morgan fingerprint density at radius 1 is 1.35 bits per heavy atom. The summed E-state index contributed by atoms with van der Waals surface area (Å²) in [6.45, 7) is 4.37. The van der Waals surface area contributed by atoms with Crippen molar-refractivity contribution < 1.29 is 17.9 Å². The maximum atomic E-state index is 13.0. The Kier molecular flexibility index (Phi) is 6.42. The van der Waals surface area contributed by atoms with Crippen LogP contribution in [0.1, 0.15) is 43.9 Å². The zero-order valence-electron chi connectivity index (χ0n) is 12.0. The van der Waals surface area contributed by atoms with E-state index < -0.39 is 11.7 Å². The number of nitrogens with zero attached hydrogens (tertiary/aromatic N) is 1. The molecule has 2 atom stereocenters. The Morgan fingerprint density at radius 3 is 2.60 bits per heavy atom. The lowest BCUT2D eigenvalue weighted by Gasteiger charge is -2.23. The predicted molar refractivity (Wildman–Crippen MR) is 71.4 cm³/mol. The highest BCUT2D eigenvalue weighted by molar-refractivity contribution is 5.29. The predicted octanol–water partition coefficient (Wildman–Crippen LogP) is 3.57. The minimum atomic E-state index is -4.36. The highest BCUT2D eigenvalue weighted by Crippen LogP contribution is 2.35. The number of methoxy groups -OCH3 is 1. The number of nitrogens with one attached hydrogen (secondary N) is 1. The molecule has 20 heavy (non-hydrogen) atoms. The van der Waals surface area contributed by atoms with Crippen LogP contribution in [0.5, 0.6) is 0 Å². The van der Waals surface area contributed by atoms with Crippen LogP contribution in [-0.4, -0.2) is 24.7 Å². The van der Waals surface area contributed by atoms with Gasteiger partial charge in [0.25, 0.3) is 0 Å². The third-order valence-corrected chi connectivity index (χ3v) is 3.25. The second kappa shape index (κ2) is 7.59. The van der Waals surface area contributed by atoms with Gasteiger partial charge in [-0.2, -0.15) is 13.2 Å². The van der Waals surface area contributed by atoms with Crippen LogP contribution in [0.25, 0.3) is 0 Å². The zero-order chi connectivity index (χ0) is 15.2. The van der Waals surface area contributed by atoms with Gasteiger partial charge >= 0.3 is 6.18 Å². The number of hydrogen-bond acceptors (Lipinski definition) is 3. The number of alkyl halides is 3. The van der Waals surface area contributed by atoms with Gasteiger partial charge in [0.15, 0.2) is 0 Å². The van der Waals surface area contributed by atoms with E-state index >= 15 is 0 Å². The summed E-state index contributed by atoms with van der Waals surface area (Å²) in [6.07, 6.45) is -0.625. The molecule has 3 nitrogen and oxygen atoms in total. The average molecular weight is 290 g/mol. The van der Waals surface area contributed by atoms with E-state index in [0.29, 0.717) is 19.4 Å². The first kappa shape index (κ1) is 16.9. The molecule has 0 saturated heterocycles. The maximum Gasteiger partial charge on any atom is 0.416 e. The molecule has 0 saturated carbocycles. The quantitative estimate of drug-likeness (QED) is 0.833. The van der Waals surface area contributed by atoms with Gasteiger partial charge in [-0.1, -0.05) is 6.92 Å². The molecule has 1 N–H and O–H groups in total. The van der Waals surface area contributed by atoms with E-state index in [1.165, 1.54) is 12.4 Å². The Morgan fingerprint density at radius 2 is 2.05 bits per heavy atom. The molecule has 0 fully saturated rings. The smallest absolute Gasteiger partial charge is 0.382 e. The van der Waals surface area contributed by atoms with E-state index in [9.17, 15) is 13.2 Å². The Labute approximate surface area is 117 Å². The summed E-state index contributed by atoms with van der Waals surface area (Å²) in [6, 6.07) is 0.655. The highest BCUT2D eigenvalue weighted by Gasteiger charge is 2.35. The lowest BCUT2D eigenvalue weighted by molar-refractivity contribution is -0.138. The van der Waals surface area contributed by atoms with Gasteiger partial charge in [-0.25, -0.2) is 0 Å². The topological polar surface area (TPSA) is 34.1 Å². The molecule has 0 aliphatic rings. The van der Waals surface area contributed by atoms with E-state index in [0.717, 1.165) is 6.07 Å². The number of hydrogen-bond donors (Lipinski definition) is 1. The van der Waals surface area contributed by atoms with Crippen LogP contribution in [0.15, 0.2) is 18.5 Å². The molecule has 2 unspecified atom stereocenters. The molecule has 1 rings (SSSR count). The molecule has 0 bridgehead atoms. The number of ether oxygens (including phenoxy) is 1. The van der Waals surface area contributed by atoms with Crippen LogP contribution in [-0.2, 0) is 10.9 Å². The molecular weight excluding hydrogens is 269 g/mol. The van der Waals surface area contributed by atoms with Gasteiger partial charge in [0.2, 0.25) is 0 Å². The summed E-state index contributed by atoms with van der Waals surface area (Å²) in [7, 11) is 1.60. The van der Waals surface area contributed by atoms with Crippen LogP contribution in [0, 0.1) is 0 Å². The van der Waals surface area contributed by atoms with Gasteiger partial charge in [0, 0.05) is 25.5 Å². The number of pyridine rings is 1. The molecular formula is C14H21F3N2O. The largest absolute Gasteiger partial charge is 0.416 e. The third-order valence-electron chi connectivity index (χ3n) is 3.25. The fraction of sp³-hybridized carbons (Fsp3) is 0.643. The second-order valence-corrected chi connectivity index (χ2v) is 4.69. The molecule has 0 aromatic carbocycles. The van der Waals surface area contributed by atoms with E-state index in [-0.39, 0.29) is 17.7 Å². The van der Waals surface area contributed by atoms with Gasteiger partial charge in [0.05, 0.1) is 11.7 Å². The van der Waals surface area contributed by atoms with Crippen LogP contribution >= 0.6 is 0 Å². The normalized spacial score (nSPS) is 15.1. The summed E-state index contributed by atoms with van der Waals surface area (Å²) in [5.41, 5.74) is -0.423. The summed E-state index contributed by atoms with van der Waals surface area (Å²) < 4.78 is 44.2. The fourth-order valence-electron chi connectivity index (χ4n) is 2.08. The SMILES string of the molecule is CCNC(CCC(C)OC)c1cnccc1C(F)(F)F. The first-order chi connectivity index (χ1) is 9.40. The van der Waals surface area contributed by atoms with Crippen molar-refractivity contribution in [1.82, 2.24) is 10.3 Å². The van der Waals surface area contributed by atoms with Crippen LogP contribution < -0.4 is 5.32 Å². The summed E-state index contributed by atoms with van der Waals surface area (Å²) in [4.78, 5) is 3.84. The summed E-state index contributed by atoms with van der Waals surface area (Å²) in [5.74, 6) is 0. The van der Waals surface area contributed by atoms with E-state index in [4.69, 9.17) is 4.74 Å². The fourth-order valence-corrected chi connectivity index (χ4v) is 2.08. The molecule has 0 spiro atoms. The van der Waals surface area contributed by atoms with Crippen molar-refractivity contribution in [1.29, 1.82) is 0 Å². The van der Waals surface area contributed by atoms with Gasteiger partial charge in [-0.15, -0.1) is 0 Å². The van der Waals surface area contributed by atoms with Crippen molar-refractivity contribution in [3.63, 3.8) is 0 Å². The molecule has 114 valence electrons. The van der Waals surface area contributed by atoms with E-state index in [1.807, 2.05) is 13.8 Å². The van der Waals surface area contributed by atoms with Gasteiger partial charge in [0.1, 0.15) is 0 Å². The van der Waals surface area contributed by atoms with Crippen molar-refractivity contribution in [3.05, 3.63) is 29.6 Å². The van der Waals surface area contributed by atoms with Crippen LogP contribution in [0.4, 0.5) is 13.2 Å². The summed E-state index contributed by atoms with van der Waals surface area (Å²) in [5, 5.41) is 3.10. The van der Waals surface area contributed by atoms with Gasteiger partial charge in [-0.3, -0.25) is 4.98 Å². The van der Waals surface area contributed by atoms with E-state index in [1.54, 1.807) is 7.11 Å². The Balaban J connectivity index is 2.96. The van der Waals surface area contributed by atoms with Crippen LogP contribution in [0.3, 0.4) is 0 Å². The van der Waals surface area contributed by atoms with Crippen molar-refractivity contribution in [3.8, 4) is 0 Å². The first-order valence-electron chi connectivity index (χ1n) is 6.67. The highest BCUT2D eigenvalue weighted by atomic mass is 19.4. The third kappa shape index (κ3) is 4.76. The maximum absolute atomic E-state index is 13.0. The number of aromatic nitrogens is 1. The van der Waals surface area contributed by atoms with Crippen molar-refractivity contribution in [2.24, 2.45) is 0 Å². The van der Waals surface area contributed by atoms with Crippen molar-refractivity contribution in [2.45, 2.75) is 45.0 Å². The molecule has 0 aliphatic carbocycles. The molecule has 1 aromatic rings. The van der Waals surface area contributed by atoms with Gasteiger partial charge < -0.3 is 10.1 Å². The Hall–Kier alpha value is -1.14. The average Bonchev–Trinajstić information content (AvgIpc) is 2.42. The molecule has 0 amide bonds. The minimum absolute atomic E-state index is 0.0159.